The first-order valence-electron chi connectivity index (χ1n) is 11.3. The van der Waals surface area contributed by atoms with Gasteiger partial charge >= 0.3 is 6.03 Å². The van der Waals surface area contributed by atoms with Crippen LogP contribution in [0.15, 0.2) is 34.9 Å². The number of allylic oxidation sites excluding steroid dienone is 1. The lowest BCUT2D eigenvalue weighted by Crippen LogP contribution is -2.50. The molecule has 2 heterocycles. The number of nitrogens with one attached hydrogen (secondary N) is 1. The summed E-state index contributed by atoms with van der Waals surface area (Å²) in [5.41, 5.74) is 8.10. The van der Waals surface area contributed by atoms with Crippen LogP contribution >= 0.6 is 11.8 Å². The van der Waals surface area contributed by atoms with Gasteiger partial charge in [-0.2, -0.15) is 0 Å². The van der Waals surface area contributed by atoms with E-state index in [9.17, 15) is 14.4 Å². The molecule has 0 saturated carbocycles. The molecular weight excluding hydrogens is 438 g/mol. The number of urea groups is 1. The second-order valence-electron chi connectivity index (χ2n) is 10.6. The van der Waals surface area contributed by atoms with Crippen LogP contribution in [0.4, 0.5) is 4.79 Å². The van der Waals surface area contributed by atoms with Crippen molar-refractivity contribution in [3.63, 3.8) is 0 Å². The van der Waals surface area contributed by atoms with E-state index in [-0.39, 0.29) is 11.2 Å². The molecule has 8 heteroatoms. The Hall–Kier alpha value is -2.32. The van der Waals surface area contributed by atoms with Gasteiger partial charge in [-0.05, 0) is 16.5 Å². The maximum atomic E-state index is 13.4. The molecule has 1 fully saturated rings. The van der Waals surface area contributed by atoms with Gasteiger partial charge in [0.15, 0.2) is 5.78 Å². The molecule has 0 unspecified atom stereocenters. The fourth-order valence-corrected chi connectivity index (χ4v) is 5.20. The number of amides is 3. The lowest BCUT2D eigenvalue weighted by Gasteiger charge is -2.28. The molecule has 1 aromatic carbocycles. The van der Waals surface area contributed by atoms with Crippen LogP contribution in [-0.2, 0) is 19.7 Å². The molecule has 3 N–H and O–H groups in total. The van der Waals surface area contributed by atoms with Crippen LogP contribution in [0.3, 0.4) is 0 Å². The second kappa shape index (κ2) is 9.50. The van der Waals surface area contributed by atoms with E-state index < -0.39 is 28.5 Å². The minimum atomic E-state index is -0.711. The molecule has 0 aliphatic carbocycles. The Morgan fingerprint density at radius 2 is 1.61 bits per heavy atom. The number of nitrogens with two attached hydrogens (primary N) is 1. The van der Waals surface area contributed by atoms with Crippen LogP contribution in [0.1, 0.15) is 58.6 Å². The average molecular weight is 474 g/mol. The third kappa shape index (κ3) is 5.61. The minimum Gasteiger partial charge on any atom is -0.393 e. The number of carbonyl (C=O) groups is 3. The molecule has 3 amide bonds. The van der Waals surface area contributed by atoms with E-state index in [1.54, 1.807) is 4.90 Å². The standard InChI is InChI=1S/C25H35N3O4S/c1-24(2,3)16-9-7-15(8-10-16)17-18(20(29)25(4,5)6)21(26)33-19(17)22(30)27-23(31)28-11-13-32-14-12-28/h7-10,17,19H,11-14,26H2,1-6H3,(H,27,30,31)/t17-,19-/m0/s1. The summed E-state index contributed by atoms with van der Waals surface area (Å²) in [4.78, 5) is 40.8. The highest BCUT2D eigenvalue weighted by molar-refractivity contribution is 8.04. The van der Waals surface area contributed by atoms with Gasteiger partial charge in [-0.15, -0.1) is 0 Å². The SMILES string of the molecule is CC(C)(C)C(=O)C1=C(N)S[C@H](C(=O)NC(=O)N2CCOCC2)[C@H]1c1ccc(C(C)(C)C)cc1. The Morgan fingerprint density at radius 1 is 1.03 bits per heavy atom. The maximum Gasteiger partial charge on any atom is 0.324 e. The van der Waals surface area contributed by atoms with Gasteiger partial charge in [0.2, 0.25) is 5.91 Å². The van der Waals surface area contributed by atoms with E-state index in [1.807, 2.05) is 45.0 Å². The smallest absolute Gasteiger partial charge is 0.324 e. The number of thioether (sulfide) groups is 1. The molecule has 0 spiro atoms. The summed E-state index contributed by atoms with van der Waals surface area (Å²) in [6, 6.07) is 7.54. The van der Waals surface area contributed by atoms with Crippen molar-refractivity contribution < 1.29 is 19.1 Å². The number of benzene rings is 1. The summed E-state index contributed by atoms with van der Waals surface area (Å²) in [6.07, 6.45) is 0. The molecule has 180 valence electrons. The van der Waals surface area contributed by atoms with Crippen LogP contribution in [0, 0.1) is 5.41 Å². The van der Waals surface area contributed by atoms with Crippen molar-refractivity contribution in [2.24, 2.45) is 11.1 Å². The van der Waals surface area contributed by atoms with Crippen LogP contribution in [0.5, 0.6) is 0 Å². The number of imide groups is 1. The summed E-state index contributed by atoms with van der Waals surface area (Å²) in [5, 5.41) is 2.16. The molecule has 7 nitrogen and oxygen atoms in total. The first-order chi connectivity index (χ1) is 15.3. The van der Waals surface area contributed by atoms with E-state index in [0.29, 0.717) is 36.9 Å². The van der Waals surface area contributed by atoms with Crippen molar-refractivity contribution in [3.05, 3.63) is 46.0 Å². The highest BCUT2D eigenvalue weighted by Gasteiger charge is 2.46. The number of Topliss-reactive ketones (excluding diaryl/α,β-unsaturated/α-hetero) is 1. The Balaban J connectivity index is 1.93. The molecule has 1 saturated heterocycles. The topological polar surface area (TPSA) is 102 Å². The van der Waals surface area contributed by atoms with E-state index >= 15 is 0 Å². The van der Waals surface area contributed by atoms with Crippen molar-refractivity contribution in [1.29, 1.82) is 0 Å². The summed E-state index contributed by atoms with van der Waals surface area (Å²) in [5.74, 6) is -1.07. The van der Waals surface area contributed by atoms with Crippen molar-refractivity contribution in [2.45, 2.75) is 58.1 Å². The van der Waals surface area contributed by atoms with Gasteiger partial charge < -0.3 is 15.4 Å². The lowest BCUT2D eigenvalue weighted by molar-refractivity contribution is -0.122. The van der Waals surface area contributed by atoms with Crippen molar-refractivity contribution in [3.8, 4) is 0 Å². The number of carbonyl (C=O) groups excluding carboxylic acids is 3. The molecule has 2 atom stereocenters. The number of ketones is 1. The number of ether oxygens (including phenoxy) is 1. The molecule has 0 radical (unpaired) electrons. The highest BCUT2D eigenvalue weighted by atomic mass is 32.2. The minimum absolute atomic E-state index is 0.0246. The monoisotopic (exact) mass is 473 g/mol. The average Bonchev–Trinajstić information content (AvgIpc) is 3.09. The Bertz CT molecular complexity index is 951. The Morgan fingerprint density at radius 3 is 2.12 bits per heavy atom. The van der Waals surface area contributed by atoms with Crippen LogP contribution in [-0.4, -0.2) is 54.2 Å². The van der Waals surface area contributed by atoms with Gasteiger partial charge in [0.25, 0.3) is 0 Å². The third-order valence-electron chi connectivity index (χ3n) is 5.98. The third-order valence-corrected chi connectivity index (χ3v) is 7.20. The van der Waals surface area contributed by atoms with Gasteiger partial charge in [0.05, 0.1) is 18.2 Å². The van der Waals surface area contributed by atoms with Crippen LogP contribution < -0.4 is 11.1 Å². The summed E-state index contributed by atoms with van der Waals surface area (Å²) in [7, 11) is 0. The number of hydrogen-bond acceptors (Lipinski definition) is 6. The van der Waals surface area contributed by atoms with Crippen molar-refractivity contribution in [1.82, 2.24) is 10.2 Å². The van der Waals surface area contributed by atoms with Gasteiger partial charge in [0.1, 0.15) is 5.25 Å². The zero-order valence-corrected chi connectivity index (χ0v) is 21.2. The molecule has 33 heavy (non-hydrogen) atoms. The molecular formula is C25H35N3O4S. The maximum absolute atomic E-state index is 13.4. The van der Waals surface area contributed by atoms with Gasteiger partial charge in [-0.1, -0.05) is 77.6 Å². The molecule has 1 aromatic rings. The number of hydrogen-bond donors (Lipinski definition) is 2. The highest BCUT2D eigenvalue weighted by Crippen LogP contribution is 2.48. The van der Waals surface area contributed by atoms with Gasteiger partial charge in [-0.25, -0.2) is 4.79 Å². The summed E-state index contributed by atoms with van der Waals surface area (Å²) in [6.45, 7) is 13.7. The number of morpholine rings is 1. The number of nitrogens with zero attached hydrogens (tertiary/aromatic N) is 1. The molecule has 2 aliphatic rings. The first-order valence-corrected chi connectivity index (χ1v) is 12.2. The van der Waals surface area contributed by atoms with E-state index in [0.717, 1.165) is 22.9 Å². The Kier molecular flexibility index (Phi) is 7.29. The van der Waals surface area contributed by atoms with Crippen molar-refractivity contribution in [2.75, 3.05) is 26.3 Å². The molecule has 0 aromatic heterocycles. The predicted molar refractivity (Wildman–Crippen MR) is 131 cm³/mol. The fraction of sp³-hybridized carbons (Fsp3) is 0.560. The van der Waals surface area contributed by atoms with Gasteiger partial charge in [0, 0.05) is 30.0 Å². The van der Waals surface area contributed by atoms with E-state index in [1.165, 1.54) is 0 Å². The van der Waals surface area contributed by atoms with Gasteiger partial charge in [-0.3, -0.25) is 14.9 Å². The summed E-state index contributed by atoms with van der Waals surface area (Å²) < 4.78 is 5.28. The fourth-order valence-electron chi connectivity index (χ4n) is 3.99. The zero-order valence-electron chi connectivity index (χ0n) is 20.4. The zero-order chi connectivity index (χ0) is 24.6. The van der Waals surface area contributed by atoms with Crippen LogP contribution in [0.2, 0.25) is 0 Å². The second-order valence-corrected chi connectivity index (χ2v) is 11.8. The number of rotatable bonds is 3. The lowest BCUT2D eigenvalue weighted by atomic mass is 9.77. The Labute approximate surface area is 200 Å². The molecule has 0 bridgehead atoms. The predicted octanol–water partition coefficient (Wildman–Crippen LogP) is 3.54. The van der Waals surface area contributed by atoms with Crippen LogP contribution in [0.25, 0.3) is 0 Å². The largest absolute Gasteiger partial charge is 0.393 e. The molecule has 2 aliphatic heterocycles. The summed E-state index contributed by atoms with van der Waals surface area (Å²) >= 11 is 1.16. The quantitative estimate of drug-likeness (QED) is 0.696. The first kappa shape index (κ1) is 25.3. The van der Waals surface area contributed by atoms with E-state index in [2.05, 4.69) is 26.1 Å². The normalized spacial score (nSPS) is 21.8. The van der Waals surface area contributed by atoms with Crippen molar-refractivity contribution >= 4 is 29.5 Å². The molecule has 3 rings (SSSR count). The van der Waals surface area contributed by atoms with E-state index in [4.69, 9.17) is 10.5 Å².